The molecule has 4 nitrogen and oxygen atoms in total. The Morgan fingerprint density at radius 3 is 2.61 bits per heavy atom. The highest BCUT2D eigenvalue weighted by Crippen LogP contribution is 2.32. The Bertz CT molecular complexity index is 715. The number of halogens is 2. The molecule has 7 heteroatoms. The number of nitrogens with one attached hydrogen (secondary N) is 1. The van der Waals surface area contributed by atoms with Crippen LogP contribution >= 0.6 is 23.2 Å². The molecule has 1 aromatic carbocycles. The van der Waals surface area contributed by atoms with Crippen LogP contribution in [-0.2, 0) is 20.9 Å². The zero-order chi connectivity index (χ0) is 16.5. The highest BCUT2D eigenvalue weighted by Gasteiger charge is 2.40. The summed E-state index contributed by atoms with van der Waals surface area (Å²) in [4.78, 5) is 12.3. The van der Waals surface area contributed by atoms with Gasteiger partial charge in [-0.1, -0.05) is 29.3 Å². The number of hydrogen-bond acceptors (Lipinski definition) is 3. The van der Waals surface area contributed by atoms with Gasteiger partial charge in [0.2, 0.25) is 0 Å². The van der Waals surface area contributed by atoms with Crippen LogP contribution in [-0.4, -0.2) is 33.7 Å². The van der Waals surface area contributed by atoms with E-state index < -0.39 is 15.6 Å². The second kappa shape index (κ2) is 6.71. The number of hydrogen-bond donors (Lipinski definition) is 1. The Morgan fingerprint density at radius 1 is 1.26 bits per heavy atom. The lowest BCUT2D eigenvalue weighted by molar-refractivity contribution is -0.117. The molecule has 2 aliphatic rings. The minimum absolute atomic E-state index is 0.00404. The summed E-state index contributed by atoms with van der Waals surface area (Å²) in [5.74, 6) is 0.570. The minimum Gasteiger partial charge on any atom is -0.310 e. The van der Waals surface area contributed by atoms with Gasteiger partial charge < -0.3 is 5.32 Å². The second-order valence-electron chi connectivity index (χ2n) is 6.40. The summed E-state index contributed by atoms with van der Waals surface area (Å²) in [7, 11) is -2.50. The van der Waals surface area contributed by atoms with Crippen molar-refractivity contribution in [3.8, 4) is 0 Å². The lowest BCUT2D eigenvalue weighted by atomic mass is 9.94. The fraction of sp³-hybridized carbons (Fsp3) is 0.562. The van der Waals surface area contributed by atoms with Crippen molar-refractivity contribution in [1.82, 2.24) is 5.32 Å². The Morgan fingerprint density at radius 2 is 1.96 bits per heavy atom. The standard InChI is InChI=1S/C16H20Cl2N2O2S/c17-13-4-1-5-14(18)12(13)10-15(21)20-23(22)9-3-7-16(11-23)6-2-8-19-16/h1,4-5,19H,2-3,6-11H2. The van der Waals surface area contributed by atoms with Gasteiger partial charge >= 0.3 is 0 Å². The average Bonchev–Trinajstić information content (AvgIpc) is 2.90. The summed E-state index contributed by atoms with van der Waals surface area (Å²) in [6.07, 6.45) is 3.97. The number of amides is 1. The molecule has 0 bridgehead atoms. The Balaban J connectivity index is 1.80. The number of rotatable bonds is 2. The fourth-order valence-electron chi connectivity index (χ4n) is 3.57. The van der Waals surface area contributed by atoms with E-state index in [1.165, 1.54) is 0 Å². The highest BCUT2D eigenvalue weighted by atomic mass is 35.5. The molecule has 3 rings (SSSR count). The summed E-state index contributed by atoms with van der Waals surface area (Å²) in [5.41, 5.74) is 0.471. The number of carbonyl (C=O) groups is 1. The molecule has 126 valence electrons. The van der Waals surface area contributed by atoms with Crippen LogP contribution in [0.1, 0.15) is 31.2 Å². The van der Waals surface area contributed by atoms with Gasteiger partial charge in [0.15, 0.2) is 0 Å². The van der Waals surface area contributed by atoms with Gasteiger partial charge in [-0.15, -0.1) is 0 Å². The van der Waals surface area contributed by atoms with Gasteiger partial charge in [0.1, 0.15) is 0 Å². The van der Waals surface area contributed by atoms with Crippen molar-refractivity contribution >= 4 is 38.8 Å². The van der Waals surface area contributed by atoms with E-state index in [1.54, 1.807) is 18.2 Å². The van der Waals surface area contributed by atoms with Crippen molar-refractivity contribution in [2.75, 3.05) is 18.1 Å². The third kappa shape index (κ3) is 3.90. The topological polar surface area (TPSA) is 58.5 Å². The zero-order valence-corrected chi connectivity index (χ0v) is 15.1. The molecule has 2 atom stereocenters. The zero-order valence-electron chi connectivity index (χ0n) is 12.8. The summed E-state index contributed by atoms with van der Waals surface area (Å²) in [5, 5.41) is 4.35. The van der Waals surface area contributed by atoms with Gasteiger partial charge in [0.25, 0.3) is 5.91 Å². The lowest BCUT2D eigenvalue weighted by Gasteiger charge is -2.35. The van der Waals surface area contributed by atoms with Gasteiger partial charge in [-0.25, -0.2) is 4.21 Å². The van der Waals surface area contributed by atoms with Gasteiger partial charge in [-0.05, 0) is 49.9 Å². The molecule has 0 radical (unpaired) electrons. The molecule has 0 aromatic heterocycles. The van der Waals surface area contributed by atoms with Gasteiger partial charge in [-0.3, -0.25) is 4.79 Å². The predicted octanol–water partition coefficient (Wildman–Crippen LogP) is 3.45. The molecule has 0 saturated carbocycles. The maximum atomic E-state index is 13.0. The minimum atomic E-state index is -2.50. The van der Waals surface area contributed by atoms with Crippen molar-refractivity contribution in [1.29, 1.82) is 0 Å². The van der Waals surface area contributed by atoms with Crippen molar-refractivity contribution in [2.45, 2.75) is 37.6 Å². The van der Waals surface area contributed by atoms with E-state index >= 15 is 0 Å². The summed E-state index contributed by atoms with van der Waals surface area (Å²) in [6, 6.07) is 5.11. The van der Waals surface area contributed by atoms with Gasteiger partial charge in [-0.2, -0.15) is 4.36 Å². The van der Waals surface area contributed by atoms with E-state index in [-0.39, 0.29) is 12.0 Å². The Kier molecular flexibility index (Phi) is 5.02. The van der Waals surface area contributed by atoms with E-state index in [0.29, 0.717) is 27.1 Å². The van der Waals surface area contributed by atoms with Gasteiger partial charge in [0, 0.05) is 21.3 Å². The molecular weight excluding hydrogens is 355 g/mol. The van der Waals surface area contributed by atoms with Crippen molar-refractivity contribution in [3.05, 3.63) is 33.8 Å². The van der Waals surface area contributed by atoms with Gasteiger partial charge in [0.05, 0.1) is 21.9 Å². The monoisotopic (exact) mass is 374 g/mol. The van der Waals surface area contributed by atoms with Crippen LogP contribution < -0.4 is 5.32 Å². The molecule has 1 spiro atoms. The van der Waals surface area contributed by atoms with Crippen LogP contribution in [0.3, 0.4) is 0 Å². The normalized spacial score (nSPS) is 30.5. The predicted molar refractivity (Wildman–Crippen MR) is 94.7 cm³/mol. The SMILES string of the molecule is O=C(Cc1c(Cl)cccc1Cl)N=S1(=O)CCCC2(CCCN2)C1. The van der Waals surface area contributed by atoms with Crippen molar-refractivity contribution in [2.24, 2.45) is 4.36 Å². The maximum Gasteiger partial charge on any atom is 0.258 e. The van der Waals surface area contributed by atoms with Crippen molar-refractivity contribution < 1.29 is 9.00 Å². The molecule has 2 saturated heterocycles. The molecule has 1 aromatic rings. The molecule has 23 heavy (non-hydrogen) atoms. The van der Waals surface area contributed by atoms with Crippen LogP contribution in [0, 0.1) is 0 Å². The van der Waals surface area contributed by atoms with E-state index in [1.807, 2.05) is 0 Å². The van der Waals surface area contributed by atoms with E-state index in [9.17, 15) is 9.00 Å². The maximum absolute atomic E-state index is 13.0. The smallest absolute Gasteiger partial charge is 0.258 e. The van der Waals surface area contributed by atoms with Crippen LogP contribution in [0.5, 0.6) is 0 Å². The van der Waals surface area contributed by atoms with Crippen molar-refractivity contribution in [3.63, 3.8) is 0 Å². The van der Waals surface area contributed by atoms with Crippen LogP contribution in [0.25, 0.3) is 0 Å². The molecule has 2 fully saturated rings. The molecule has 2 unspecified atom stereocenters. The van der Waals surface area contributed by atoms with E-state index in [4.69, 9.17) is 23.2 Å². The number of carbonyl (C=O) groups excluding carboxylic acids is 1. The Hall–Kier alpha value is -0.620. The Labute approximate surface area is 147 Å². The van der Waals surface area contributed by atoms with Crippen LogP contribution in [0.15, 0.2) is 22.6 Å². The van der Waals surface area contributed by atoms with Crippen LogP contribution in [0.4, 0.5) is 0 Å². The van der Waals surface area contributed by atoms with E-state index in [2.05, 4.69) is 9.68 Å². The molecule has 2 aliphatic heterocycles. The first kappa shape index (κ1) is 17.2. The average molecular weight is 375 g/mol. The first-order chi connectivity index (χ1) is 10.9. The third-order valence-corrected chi connectivity index (χ3v) is 7.79. The summed E-state index contributed by atoms with van der Waals surface area (Å²) >= 11 is 12.2. The highest BCUT2D eigenvalue weighted by molar-refractivity contribution is 7.94. The first-order valence-corrected chi connectivity index (χ1v) is 10.5. The number of benzene rings is 1. The lowest BCUT2D eigenvalue weighted by Crippen LogP contribution is -2.49. The summed E-state index contributed by atoms with van der Waals surface area (Å²) in [6.45, 7) is 0.957. The molecule has 0 aliphatic carbocycles. The first-order valence-electron chi connectivity index (χ1n) is 7.85. The molecule has 1 amide bonds. The van der Waals surface area contributed by atoms with Crippen LogP contribution in [0.2, 0.25) is 10.0 Å². The largest absolute Gasteiger partial charge is 0.310 e. The summed E-state index contributed by atoms with van der Waals surface area (Å²) < 4.78 is 17.1. The van der Waals surface area contributed by atoms with E-state index in [0.717, 1.165) is 32.2 Å². The quantitative estimate of drug-likeness (QED) is 0.862. The number of nitrogens with zero attached hydrogens (tertiary/aromatic N) is 1. The second-order valence-corrected chi connectivity index (χ2v) is 9.64. The molecule has 1 N–H and O–H groups in total. The molecular formula is C16H20Cl2N2O2S. The fourth-order valence-corrected chi connectivity index (χ4v) is 6.68. The molecule has 2 heterocycles. The third-order valence-electron chi connectivity index (χ3n) is 4.61.